The van der Waals surface area contributed by atoms with Crippen LogP contribution < -0.4 is 5.32 Å². The lowest BCUT2D eigenvalue weighted by atomic mass is 9.84. The summed E-state index contributed by atoms with van der Waals surface area (Å²) in [6.45, 7) is 4.44. The normalized spacial score (nSPS) is 14.9. The summed E-state index contributed by atoms with van der Waals surface area (Å²) in [5, 5.41) is 12.5. The number of rotatable bonds is 5. The van der Waals surface area contributed by atoms with Crippen molar-refractivity contribution in [1.29, 1.82) is 0 Å². The van der Waals surface area contributed by atoms with Gasteiger partial charge < -0.3 is 10.4 Å². The Kier molecular flexibility index (Phi) is 4.30. The molecule has 0 heterocycles. The first-order valence-electron chi connectivity index (χ1n) is 5.55. The van der Waals surface area contributed by atoms with Gasteiger partial charge in [0.1, 0.15) is 0 Å². The number of benzene rings is 1. The van der Waals surface area contributed by atoms with E-state index in [1.54, 1.807) is 0 Å². The zero-order valence-electron chi connectivity index (χ0n) is 9.88. The van der Waals surface area contributed by atoms with E-state index >= 15 is 0 Å². The van der Waals surface area contributed by atoms with Crippen molar-refractivity contribution in [2.24, 2.45) is 0 Å². The zero-order valence-corrected chi connectivity index (χ0v) is 9.88. The quantitative estimate of drug-likeness (QED) is 0.776. The topological polar surface area (TPSA) is 32.3 Å². The molecule has 0 bridgehead atoms. The van der Waals surface area contributed by atoms with Crippen LogP contribution >= 0.6 is 0 Å². The van der Waals surface area contributed by atoms with Crippen molar-refractivity contribution in [2.45, 2.75) is 32.2 Å². The molecule has 2 heteroatoms. The third-order valence-corrected chi connectivity index (χ3v) is 3.22. The van der Waals surface area contributed by atoms with Crippen LogP contribution in [0.4, 0.5) is 0 Å². The molecule has 1 rings (SSSR count). The van der Waals surface area contributed by atoms with E-state index in [1.807, 2.05) is 7.05 Å². The van der Waals surface area contributed by atoms with E-state index in [4.69, 9.17) is 5.11 Å². The molecule has 0 amide bonds. The van der Waals surface area contributed by atoms with Gasteiger partial charge in [0.25, 0.3) is 0 Å². The maximum Gasteiger partial charge on any atom is 0.0451 e. The smallest absolute Gasteiger partial charge is 0.0451 e. The minimum absolute atomic E-state index is 0.0809. The summed E-state index contributed by atoms with van der Waals surface area (Å²) in [6, 6.07) is 8.53. The molecule has 0 aliphatic rings. The standard InChI is InChI=1S/C13H21NO/c1-4-13(14-3,9-10-15)12-7-5-11(2)6-8-12/h5-8,14-15H,4,9-10H2,1-3H3. The highest BCUT2D eigenvalue weighted by atomic mass is 16.3. The third kappa shape index (κ3) is 2.58. The molecule has 2 N–H and O–H groups in total. The van der Waals surface area contributed by atoms with Gasteiger partial charge in [0, 0.05) is 12.1 Å². The minimum Gasteiger partial charge on any atom is -0.396 e. The monoisotopic (exact) mass is 207 g/mol. The molecule has 0 radical (unpaired) electrons. The number of aliphatic hydroxyl groups is 1. The molecule has 15 heavy (non-hydrogen) atoms. The molecule has 0 spiro atoms. The van der Waals surface area contributed by atoms with Crippen LogP contribution in [-0.4, -0.2) is 18.8 Å². The molecule has 1 aromatic rings. The highest BCUT2D eigenvalue weighted by Crippen LogP contribution is 2.28. The molecule has 0 saturated carbocycles. The summed E-state index contributed by atoms with van der Waals surface area (Å²) >= 11 is 0. The van der Waals surface area contributed by atoms with Crippen LogP contribution in [0.1, 0.15) is 30.9 Å². The van der Waals surface area contributed by atoms with Gasteiger partial charge in [0.2, 0.25) is 0 Å². The molecule has 84 valence electrons. The second-order valence-corrected chi connectivity index (χ2v) is 4.03. The number of nitrogens with one attached hydrogen (secondary N) is 1. The van der Waals surface area contributed by atoms with Crippen molar-refractivity contribution < 1.29 is 5.11 Å². The summed E-state index contributed by atoms with van der Waals surface area (Å²) in [6.07, 6.45) is 1.73. The fourth-order valence-corrected chi connectivity index (χ4v) is 2.03. The van der Waals surface area contributed by atoms with E-state index in [0.29, 0.717) is 0 Å². The molecule has 2 nitrogen and oxygen atoms in total. The van der Waals surface area contributed by atoms with E-state index in [1.165, 1.54) is 11.1 Å². The molecule has 1 atom stereocenters. The van der Waals surface area contributed by atoms with Crippen LogP contribution in [0.25, 0.3) is 0 Å². The maximum absolute atomic E-state index is 9.14. The van der Waals surface area contributed by atoms with Gasteiger partial charge in [-0.1, -0.05) is 36.8 Å². The lowest BCUT2D eigenvalue weighted by Crippen LogP contribution is -2.40. The van der Waals surface area contributed by atoms with E-state index in [0.717, 1.165) is 12.8 Å². The lowest BCUT2D eigenvalue weighted by molar-refractivity contribution is 0.212. The van der Waals surface area contributed by atoms with Crippen molar-refractivity contribution >= 4 is 0 Å². The van der Waals surface area contributed by atoms with Crippen molar-refractivity contribution in [1.82, 2.24) is 5.32 Å². The highest BCUT2D eigenvalue weighted by Gasteiger charge is 2.27. The Labute approximate surface area is 92.3 Å². The van der Waals surface area contributed by atoms with E-state index < -0.39 is 0 Å². The Morgan fingerprint density at radius 1 is 1.27 bits per heavy atom. The van der Waals surface area contributed by atoms with Crippen LogP contribution in [0.5, 0.6) is 0 Å². The summed E-state index contributed by atoms with van der Waals surface area (Å²) in [5.41, 5.74) is 2.44. The van der Waals surface area contributed by atoms with Gasteiger partial charge in [-0.05, 0) is 32.4 Å². The molecule has 1 aromatic carbocycles. The van der Waals surface area contributed by atoms with Gasteiger partial charge in [0.15, 0.2) is 0 Å². The second-order valence-electron chi connectivity index (χ2n) is 4.03. The fourth-order valence-electron chi connectivity index (χ4n) is 2.03. The van der Waals surface area contributed by atoms with Gasteiger partial charge in [-0.3, -0.25) is 0 Å². The van der Waals surface area contributed by atoms with Gasteiger partial charge in [-0.2, -0.15) is 0 Å². The Balaban J connectivity index is 3.02. The number of aliphatic hydroxyl groups excluding tert-OH is 1. The summed E-state index contributed by atoms with van der Waals surface area (Å²) in [5.74, 6) is 0. The van der Waals surface area contributed by atoms with Crippen LogP contribution in [-0.2, 0) is 5.54 Å². The van der Waals surface area contributed by atoms with Gasteiger partial charge in [-0.25, -0.2) is 0 Å². The predicted octanol–water partition coefficient (Wildman–Crippen LogP) is 2.20. The third-order valence-electron chi connectivity index (χ3n) is 3.22. The van der Waals surface area contributed by atoms with Crippen LogP contribution in [0.2, 0.25) is 0 Å². The number of hydrogen-bond donors (Lipinski definition) is 2. The number of hydrogen-bond acceptors (Lipinski definition) is 2. The molecule has 0 aliphatic heterocycles. The average molecular weight is 207 g/mol. The summed E-state index contributed by atoms with van der Waals surface area (Å²) in [4.78, 5) is 0. The van der Waals surface area contributed by atoms with Crippen molar-refractivity contribution in [3.05, 3.63) is 35.4 Å². The molecule has 0 saturated heterocycles. The van der Waals surface area contributed by atoms with Crippen LogP contribution in [0.15, 0.2) is 24.3 Å². The van der Waals surface area contributed by atoms with Crippen molar-refractivity contribution in [2.75, 3.05) is 13.7 Å². The predicted molar refractivity (Wildman–Crippen MR) is 63.9 cm³/mol. The molecule has 1 unspecified atom stereocenters. The highest BCUT2D eigenvalue weighted by molar-refractivity contribution is 5.28. The molecule has 0 aromatic heterocycles. The van der Waals surface area contributed by atoms with E-state index in [9.17, 15) is 0 Å². The molecular weight excluding hydrogens is 186 g/mol. The van der Waals surface area contributed by atoms with Gasteiger partial charge >= 0.3 is 0 Å². The first-order chi connectivity index (χ1) is 7.18. The van der Waals surface area contributed by atoms with Crippen LogP contribution in [0.3, 0.4) is 0 Å². The summed E-state index contributed by atoms with van der Waals surface area (Å²) < 4.78 is 0. The van der Waals surface area contributed by atoms with E-state index in [2.05, 4.69) is 43.4 Å². The lowest BCUT2D eigenvalue weighted by Gasteiger charge is -2.32. The minimum atomic E-state index is -0.0809. The Morgan fingerprint density at radius 3 is 2.27 bits per heavy atom. The zero-order chi connectivity index (χ0) is 11.3. The Morgan fingerprint density at radius 2 is 1.87 bits per heavy atom. The molecular formula is C13H21NO. The second kappa shape index (κ2) is 5.29. The average Bonchev–Trinajstić information content (AvgIpc) is 2.27. The first-order valence-corrected chi connectivity index (χ1v) is 5.55. The summed E-state index contributed by atoms with van der Waals surface area (Å²) in [7, 11) is 1.96. The van der Waals surface area contributed by atoms with Crippen LogP contribution in [0, 0.1) is 6.92 Å². The SMILES string of the molecule is CCC(CCO)(NC)c1ccc(C)cc1. The van der Waals surface area contributed by atoms with Crippen molar-refractivity contribution in [3.63, 3.8) is 0 Å². The van der Waals surface area contributed by atoms with E-state index in [-0.39, 0.29) is 12.1 Å². The molecule has 0 fully saturated rings. The maximum atomic E-state index is 9.14. The molecule has 0 aliphatic carbocycles. The number of aryl methyl sites for hydroxylation is 1. The van der Waals surface area contributed by atoms with Gasteiger partial charge in [0.05, 0.1) is 0 Å². The largest absolute Gasteiger partial charge is 0.396 e. The first kappa shape index (κ1) is 12.2. The Hall–Kier alpha value is -0.860. The fraction of sp³-hybridized carbons (Fsp3) is 0.538. The van der Waals surface area contributed by atoms with Gasteiger partial charge in [-0.15, -0.1) is 0 Å². The Bertz CT molecular complexity index is 288. The van der Waals surface area contributed by atoms with Crippen molar-refractivity contribution in [3.8, 4) is 0 Å².